The number of hydrogen-bond acceptors (Lipinski definition) is 2. The molecular weight excluding hydrogens is 344 g/mol. The normalized spacial score (nSPS) is 10.7. The van der Waals surface area contributed by atoms with Crippen molar-refractivity contribution >= 4 is 23.7 Å². The van der Waals surface area contributed by atoms with Gasteiger partial charge < -0.3 is 0 Å². The van der Waals surface area contributed by atoms with E-state index in [1.54, 1.807) is 12.2 Å². The maximum atomic E-state index is 11.2. The molecule has 2 nitrogen and oxygen atoms in total. The van der Waals surface area contributed by atoms with Gasteiger partial charge in [0.25, 0.3) is 0 Å². The number of rotatable bonds is 8. The van der Waals surface area contributed by atoms with Crippen molar-refractivity contribution in [1.82, 2.24) is 0 Å². The lowest BCUT2D eigenvalue weighted by Gasteiger charge is -1.97. The Hall–Kier alpha value is -2.74. The van der Waals surface area contributed by atoms with Crippen LogP contribution in [0.1, 0.15) is 61.8 Å². The molecule has 0 bridgehead atoms. The molecule has 0 fully saturated rings. The van der Waals surface area contributed by atoms with Crippen LogP contribution in [0.3, 0.4) is 0 Å². The monoisotopic (exact) mass is 376 g/mol. The first-order chi connectivity index (χ1) is 13.5. The third-order valence-electron chi connectivity index (χ3n) is 4.27. The molecular formula is C26H32O2. The van der Waals surface area contributed by atoms with Gasteiger partial charge in [-0.05, 0) is 61.1 Å². The number of aryl methyl sites for hydroxylation is 2. The highest BCUT2D eigenvalue weighted by molar-refractivity contribution is 5.94. The number of ketones is 2. The first kappa shape index (κ1) is 23.3. The molecule has 148 valence electrons. The van der Waals surface area contributed by atoms with Gasteiger partial charge >= 0.3 is 0 Å². The van der Waals surface area contributed by atoms with E-state index in [1.165, 1.54) is 11.1 Å². The quantitative estimate of drug-likeness (QED) is 0.477. The molecule has 0 saturated heterocycles. The molecule has 2 aromatic rings. The number of carbonyl (C=O) groups is 2. The van der Waals surface area contributed by atoms with Crippen LogP contribution in [0, 0.1) is 13.8 Å². The number of hydrogen-bond donors (Lipinski definition) is 0. The molecule has 0 heterocycles. The molecule has 0 radical (unpaired) electrons. The predicted octanol–water partition coefficient (Wildman–Crippen LogP) is 6.75. The Morgan fingerprint density at radius 2 is 1.04 bits per heavy atom. The Labute approximate surface area is 170 Å². The fraction of sp³-hybridized carbons (Fsp3) is 0.308. The van der Waals surface area contributed by atoms with Crippen molar-refractivity contribution < 1.29 is 9.59 Å². The van der Waals surface area contributed by atoms with E-state index in [9.17, 15) is 9.59 Å². The molecule has 0 amide bonds. The minimum absolute atomic E-state index is 0.204. The summed E-state index contributed by atoms with van der Waals surface area (Å²) in [5, 5.41) is 0. The number of carbonyl (C=O) groups excluding carboxylic acids is 2. The van der Waals surface area contributed by atoms with Gasteiger partial charge in [-0.2, -0.15) is 0 Å². The van der Waals surface area contributed by atoms with E-state index >= 15 is 0 Å². The van der Waals surface area contributed by atoms with E-state index in [4.69, 9.17) is 0 Å². The lowest BCUT2D eigenvalue weighted by molar-refractivity contribution is -0.115. The smallest absolute Gasteiger partial charge is 0.155 e. The van der Waals surface area contributed by atoms with Gasteiger partial charge in [-0.25, -0.2) is 0 Å². The molecule has 0 aliphatic heterocycles. The molecule has 28 heavy (non-hydrogen) atoms. The largest absolute Gasteiger partial charge is 0.295 e. The van der Waals surface area contributed by atoms with E-state index in [1.807, 2.05) is 88.4 Å². The van der Waals surface area contributed by atoms with Gasteiger partial charge in [-0.3, -0.25) is 9.59 Å². The maximum Gasteiger partial charge on any atom is 0.155 e. The number of benzene rings is 2. The third-order valence-corrected chi connectivity index (χ3v) is 4.27. The molecule has 0 saturated carbocycles. The summed E-state index contributed by atoms with van der Waals surface area (Å²) in [5.41, 5.74) is 4.65. The molecule has 2 rings (SSSR count). The van der Waals surface area contributed by atoms with Gasteiger partial charge in [0.15, 0.2) is 11.6 Å². The summed E-state index contributed by atoms with van der Waals surface area (Å²) in [6.45, 7) is 8.12. The summed E-state index contributed by atoms with van der Waals surface area (Å²) in [6.07, 6.45) is 10.2. The minimum atomic E-state index is 0.204. The van der Waals surface area contributed by atoms with Crippen LogP contribution in [0.15, 0.2) is 60.7 Å². The van der Waals surface area contributed by atoms with Crippen LogP contribution < -0.4 is 0 Å². The van der Waals surface area contributed by atoms with Crippen LogP contribution in [0.25, 0.3) is 12.2 Å². The van der Waals surface area contributed by atoms with Gasteiger partial charge in [-0.15, -0.1) is 0 Å². The fourth-order valence-electron chi connectivity index (χ4n) is 2.57. The second kappa shape index (κ2) is 13.4. The molecule has 0 aliphatic carbocycles. The topological polar surface area (TPSA) is 34.1 Å². The van der Waals surface area contributed by atoms with Crippen LogP contribution in [0.2, 0.25) is 0 Å². The van der Waals surface area contributed by atoms with Crippen LogP contribution in [-0.4, -0.2) is 11.6 Å². The second-order valence-electron chi connectivity index (χ2n) is 6.81. The van der Waals surface area contributed by atoms with E-state index in [0.29, 0.717) is 12.8 Å². The standard InChI is InChI=1S/2C13H16O/c2*1-3-6-13(14)10-9-12-8-5-4-7-11(12)2/h2*4-5,7-10H,3,6H2,1-2H3. The minimum Gasteiger partial charge on any atom is -0.295 e. The SMILES string of the molecule is CCCC(=O)C=Cc1ccccc1C.CCCC(=O)C=Cc1ccccc1C. The zero-order valence-electron chi connectivity index (χ0n) is 17.6. The Morgan fingerprint density at radius 3 is 1.36 bits per heavy atom. The van der Waals surface area contributed by atoms with Gasteiger partial charge in [0.2, 0.25) is 0 Å². The average molecular weight is 377 g/mol. The first-order valence-electron chi connectivity index (χ1n) is 10.0. The second-order valence-corrected chi connectivity index (χ2v) is 6.81. The zero-order chi connectivity index (χ0) is 20.8. The van der Waals surface area contributed by atoms with Crippen LogP contribution in [0.4, 0.5) is 0 Å². The highest BCUT2D eigenvalue weighted by atomic mass is 16.1. The summed E-state index contributed by atoms with van der Waals surface area (Å²) >= 11 is 0. The van der Waals surface area contributed by atoms with Crippen molar-refractivity contribution in [2.24, 2.45) is 0 Å². The predicted molar refractivity (Wildman–Crippen MR) is 120 cm³/mol. The van der Waals surface area contributed by atoms with Gasteiger partial charge in [-0.1, -0.05) is 74.5 Å². The van der Waals surface area contributed by atoms with Crippen molar-refractivity contribution in [3.63, 3.8) is 0 Å². The summed E-state index contributed by atoms with van der Waals surface area (Å²) in [6, 6.07) is 16.1. The highest BCUT2D eigenvalue weighted by Crippen LogP contribution is 2.10. The van der Waals surface area contributed by atoms with E-state index in [2.05, 4.69) is 0 Å². The molecule has 0 unspecified atom stereocenters. The molecule has 0 aliphatic rings. The fourth-order valence-corrected chi connectivity index (χ4v) is 2.57. The Balaban J connectivity index is 0.000000280. The van der Waals surface area contributed by atoms with Crippen LogP contribution in [0.5, 0.6) is 0 Å². The molecule has 0 aromatic heterocycles. The Kier molecular flexibility index (Phi) is 11.2. The summed E-state index contributed by atoms with van der Waals surface area (Å²) in [7, 11) is 0. The van der Waals surface area contributed by atoms with Crippen LogP contribution in [-0.2, 0) is 9.59 Å². The summed E-state index contributed by atoms with van der Waals surface area (Å²) in [5.74, 6) is 0.409. The molecule has 2 aromatic carbocycles. The maximum absolute atomic E-state index is 11.2. The average Bonchev–Trinajstić information content (AvgIpc) is 2.68. The Bertz CT molecular complexity index is 743. The number of allylic oxidation sites excluding steroid dienone is 2. The zero-order valence-corrected chi connectivity index (χ0v) is 17.6. The van der Waals surface area contributed by atoms with Crippen molar-refractivity contribution in [3.05, 3.63) is 82.9 Å². The first-order valence-corrected chi connectivity index (χ1v) is 10.0. The van der Waals surface area contributed by atoms with Crippen molar-refractivity contribution in [2.45, 2.75) is 53.4 Å². The molecule has 0 spiro atoms. The van der Waals surface area contributed by atoms with Gasteiger partial charge in [0.05, 0.1) is 0 Å². The van der Waals surface area contributed by atoms with Crippen molar-refractivity contribution in [3.8, 4) is 0 Å². The van der Waals surface area contributed by atoms with Gasteiger partial charge in [0, 0.05) is 12.8 Å². The lowest BCUT2D eigenvalue weighted by atomic mass is 10.1. The molecule has 0 N–H and O–H groups in total. The van der Waals surface area contributed by atoms with Crippen molar-refractivity contribution in [1.29, 1.82) is 0 Å². The summed E-state index contributed by atoms with van der Waals surface area (Å²) in [4.78, 5) is 22.5. The molecule has 0 atom stereocenters. The highest BCUT2D eigenvalue weighted by Gasteiger charge is 1.96. The Morgan fingerprint density at radius 1 is 0.679 bits per heavy atom. The van der Waals surface area contributed by atoms with E-state index in [-0.39, 0.29) is 11.6 Å². The lowest BCUT2D eigenvalue weighted by Crippen LogP contribution is -1.90. The van der Waals surface area contributed by atoms with Crippen molar-refractivity contribution in [2.75, 3.05) is 0 Å². The van der Waals surface area contributed by atoms with Gasteiger partial charge in [0.1, 0.15) is 0 Å². The van der Waals surface area contributed by atoms with E-state index in [0.717, 1.165) is 24.0 Å². The third kappa shape index (κ3) is 9.27. The van der Waals surface area contributed by atoms with E-state index < -0.39 is 0 Å². The van der Waals surface area contributed by atoms with Crippen LogP contribution >= 0.6 is 0 Å². The molecule has 2 heteroatoms. The summed E-state index contributed by atoms with van der Waals surface area (Å²) < 4.78 is 0.